The van der Waals surface area contributed by atoms with Gasteiger partial charge < -0.3 is 15.1 Å². The largest absolute Gasteiger partial charge is 0.478 e. The van der Waals surface area contributed by atoms with E-state index in [-0.39, 0.29) is 0 Å². The van der Waals surface area contributed by atoms with Crippen molar-refractivity contribution in [2.45, 2.75) is 6.92 Å². The summed E-state index contributed by atoms with van der Waals surface area (Å²) in [7, 11) is 0. The maximum Gasteiger partial charge on any atom is 0.337 e. The van der Waals surface area contributed by atoms with Gasteiger partial charge in [-0.05, 0) is 25.1 Å². The van der Waals surface area contributed by atoms with Crippen LogP contribution in [0.25, 0.3) is 11.4 Å². The Bertz CT molecular complexity index is 454. The van der Waals surface area contributed by atoms with Gasteiger partial charge in [0.05, 0.1) is 17.0 Å². The molecule has 4 nitrogen and oxygen atoms in total. The van der Waals surface area contributed by atoms with Gasteiger partial charge in [-0.25, -0.2) is 4.79 Å². The predicted molar refractivity (Wildman–Crippen MR) is 52.3 cm³/mol. The van der Waals surface area contributed by atoms with Crippen molar-refractivity contribution in [2.24, 2.45) is 0 Å². The number of aryl methyl sites for hydroxylation is 1. The summed E-state index contributed by atoms with van der Waals surface area (Å²) in [6.07, 6.45) is 1.76. The summed E-state index contributed by atoms with van der Waals surface area (Å²) >= 11 is 0. The Balaban J connectivity index is 2.58. The topological polar surface area (TPSA) is 68.9 Å². The molecular weight excluding hydrogens is 180 g/mol. The third kappa shape index (κ3) is 1.31. The molecule has 0 saturated carbocycles. The number of rotatable bonds is 2. The monoisotopic (exact) mass is 190 g/mol. The van der Waals surface area contributed by atoms with Crippen LogP contribution < -0.4 is 0 Å². The van der Waals surface area contributed by atoms with Gasteiger partial charge in [-0.1, -0.05) is 0 Å². The summed E-state index contributed by atoms with van der Waals surface area (Å²) in [5, 5.41) is 8.94. The number of aromatic nitrogens is 2. The van der Waals surface area contributed by atoms with Crippen LogP contribution in [0, 0.1) is 6.92 Å². The Morgan fingerprint density at radius 3 is 2.86 bits per heavy atom. The van der Waals surface area contributed by atoms with E-state index in [0.717, 1.165) is 11.4 Å². The van der Waals surface area contributed by atoms with Crippen LogP contribution >= 0.6 is 0 Å². The minimum absolute atomic E-state index is 0.296. The Morgan fingerprint density at radius 1 is 1.50 bits per heavy atom. The molecule has 0 spiro atoms. The van der Waals surface area contributed by atoms with E-state index in [2.05, 4.69) is 9.97 Å². The molecule has 0 fully saturated rings. The predicted octanol–water partition coefficient (Wildman–Crippen LogP) is 2.02. The van der Waals surface area contributed by atoms with E-state index in [9.17, 15) is 4.79 Å². The molecule has 0 aliphatic heterocycles. The molecule has 0 aliphatic carbocycles. The van der Waals surface area contributed by atoms with Crippen molar-refractivity contribution in [1.82, 2.24) is 9.97 Å². The normalized spacial score (nSPS) is 10.4. The highest BCUT2D eigenvalue weighted by molar-refractivity contribution is 5.94. The van der Waals surface area contributed by atoms with Crippen molar-refractivity contribution in [1.29, 1.82) is 0 Å². The second-order valence-corrected chi connectivity index (χ2v) is 3.13. The Kier molecular flexibility index (Phi) is 1.89. The molecule has 2 rings (SSSR count). The highest BCUT2D eigenvalue weighted by Crippen LogP contribution is 2.21. The lowest BCUT2D eigenvalue weighted by Gasteiger charge is -1.96. The molecule has 0 unspecified atom stereocenters. The smallest absolute Gasteiger partial charge is 0.337 e. The van der Waals surface area contributed by atoms with E-state index in [4.69, 9.17) is 5.11 Å². The maximum absolute atomic E-state index is 10.9. The lowest BCUT2D eigenvalue weighted by molar-refractivity contribution is 0.0698. The number of carbonyl (C=O) groups is 1. The van der Waals surface area contributed by atoms with E-state index in [1.165, 1.54) is 0 Å². The van der Waals surface area contributed by atoms with E-state index in [1.54, 1.807) is 12.3 Å². The lowest BCUT2D eigenvalue weighted by atomic mass is 10.2. The summed E-state index contributed by atoms with van der Waals surface area (Å²) in [6, 6.07) is 5.29. The average molecular weight is 190 g/mol. The fourth-order valence-electron chi connectivity index (χ4n) is 1.46. The second-order valence-electron chi connectivity index (χ2n) is 3.13. The van der Waals surface area contributed by atoms with Crippen LogP contribution in [-0.4, -0.2) is 21.0 Å². The molecule has 14 heavy (non-hydrogen) atoms. The van der Waals surface area contributed by atoms with Gasteiger partial charge in [0.25, 0.3) is 0 Å². The van der Waals surface area contributed by atoms with Crippen LogP contribution in [0.15, 0.2) is 24.4 Å². The zero-order chi connectivity index (χ0) is 10.1. The van der Waals surface area contributed by atoms with Gasteiger partial charge in [0, 0.05) is 11.9 Å². The summed E-state index contributed by atoms with van der Waals surface area (Å²) in [5.74, 6) is -0.918. The van der Waals surface area contributed by atoms with Crippen LogP contribution in [0.3, 0.4) is 0 Å². The fourth-order valence-corrected chi connectivity index (χ4v) is 1.46. The van der Waals surface area contributed by atoms with Gasteiger partial charge in [-0.2, -0.15) is 0 Å². The van der Waals surface area contributed by atoms with E-state index in [1.807, 2.05) is 19.1 Å². The molecule has 4 heteroatoms. The third-order valence-electron chi connectivity index (χ3n) is 2.05. The van der Waals surface area contributed by atoms with Gasteiger partial charge in [-0.15, -0.1) is 0 Å². The molecule has 2 aromatic heterocycles. The van der Waals surface area contributed by atoms with Gasteiger partial charge >= 0.3 is 5.97 Å². The first-order valence-electron chi connectivity index (χ1n) is 4.25. The van der Waals surface area contributed by atoms with Gasteiger partial charge in [0.15, 0.2) is 0 Å². The number of H-pyrrole nitrogens is 2. The number of nitrogens with one attached hydrogen (secondary N) is 2. The number of hydrogen-bond donors (Lipinski definition) is 3. The highest BCUT2D eigenvalue weighted by Gasteiger charge is 2.14. The standard InChI is InChI=1S/C10H10N2O2/c1-6-5-7(10(13)14)9(12-6)8-3-2-4-11-8/h2-5,11-12H,1H3,(H,13,14). The SMILES string of the molecule is Cc1cc(C(=O)O)c(-c2ccc[nH]2)[nH]1. The first kappa shape index (κ1) is 8.62. The fraction of sp³-hybridized carbons (Fsp3) is 0.100. The van der Waals surface area contributed by atoms with Crippen LogP contribution in [0.1, 0.15) is 16.1 Å². The maximum atomic E-state index is 10.9. The van der Waals surface area contributed by atoms with Gasteiger partial charge in [0.2, 0.25) is 0 Å². The zero-order valence-corrected chi connectivity index (χ0v) is 7.66. The molecule has 3 N–H and O–H groups in total. The first-order chi connectivity index (χ1) is 6.68. The molecule has 0 aromatic carbocycles. The molecule has 2 aromatic rings. The first-order valence-corrected chi connectivity index (χ1v) is 4.25. The molecule has 0 radical (unpaired) electrons. The third-order valence-corrected chi connectivity index (χ3v) is 2.05. The van der Waals surface area contributed by atoms with Crippen molar-refractivity contribution in [2.75, 3.05) is 0 Å². The van der Waals surface area contributed by atoms with Gasteiger partial charge in [-0.3, -0.25) is 0 Å². The molecule has 72 valence electrons. The Morgan fingerprint density at radius 2 is 2.29 bits per heavy atom. The zero-order valence-electron chi connectivity index (χ0n) is 7.66. The quantitative estimate of drug-likeness (QED) is 0.678. The molecular formula is C10H10N2O2. The summed E-state index contributed by atoms with van der Waals surface area (Å²) in [5.41, 5.74) is 2.55. The lowest BCUT2D eigenvalue weighted by Crippen LogP contribution is -1.96. The molecule has 0 saturated heterocycles. The van der Waals surface area contributed by atoms with E-state index in [0.29, 0.717) is 11.3 Å². The minimum Gasteiger partial charge on any atom is -0.478 e. The highest BCUT2D eigenvalue weighted by atomic mass is 16.4. The van der Waals surface area contributed by atoms with Crippen molar-refractivity contribution in [3.05, 3.63) is 35.7 Å². The minimum atomic E-state index is -0.918. The number of carboxylic acids is 1. The van der Waals surface area contributed by atoms with Crippen molar-refractivity contribution >= 4 is 5.97 Å². The van der Waals surface area contributed by atoms with Crippen LogP contribution in [0.5, 0.6) is 0 Å². The molecule has 0 bridgehead atoms. The number of hydrogen-bond acceptors (Lipinski definition) is 1. The summed E-state index contributed by atoms with van der Waals surface area (Å²) in [6.45, 7) is 1.83. The number of aromatic amines is 2. The van der Waals surface area contributed by atoms with Crippen molar-refractivity contribution in [3.63, 3.8) is 0 Å². The van der Waals surface area contributed by atoms with E-state index < -0.39 is 5.97 Å². The Labute approximate surface area is 80.6 Å². The van der Waals surface area contributed by atoms with Crippen LogP contribution in [0.2, 0.25) is 0 Å². The average Bonchev–Trinajstić information content (AvgIpc) is 2.70. The number of carboxylic acid groups (broad SMARTS) is 1. The molecule has 0 amide bonds. The Hall–Kier alpha value is -1.97. The second kappa shape index (κ2) is 3.06. The van der Waals surface area contributed by atoms with Crippen LogP contribution in [0.4, 0.5) is 0 Å². The molecule has 2 heterocycles. The van der Waals surface area contributed by atoms with Crippen LogP contribution in [-0.2, 0) is 0 Å². The van der Waals surface area contributed by atoms with Crippen molar-refractivity contribution in [3.8, 4) is 11.4 Å². The van der Waals surface area contributed by atoms with Gasteiger partial charge in [0.1, 0.15) is 0 Å². The summed E-state index contributed by atoms with van der Waals surface area (Å²) in [4.78, 5) is 16.9. The summed E-state index contributed by atoms with van der Waals surface area (Å²) < 4.78 is 0. The van der Waals surface area contributed by atoms with Crippen molar-refractivity contribution < 1.29 is 9.90 Å². The molecule has 0 atom stereocenters. The molecule has 0 aliphatic rings. The van der Waals surface area contributed by atoms with E-state index >= 15 is 0 Å². The number of aromatic carboxylic acids is 1.